The Morgan fingerprint density at radius 3 is 2.18 bits per heavy atom. The molecule has 0 fully saturated rings. The molecule has 0 radical (unpaired) electrons. The van der Waals surface area contributed by atoms with Gasteiger partial charge in [0.05, 0.1) is 27.5 Å². The summed E-state index contributed by atoms with van der Waals surface area (Å²) < 4.78 is 54.4. The van der Waals surface area contributed by atoms with Gasteiger partial charge in [0.1, 0.15) is 0 Å². The molecule has 5 rings (SSSR count). The number of hydrogen-bond donors (Lipinski definition) is 0. The average molecular weight is 641 g/mol. The zero-order valence-electron chi connectivity index (χ0n) is 25.9. The monoisotopic (exact) mass is 640 g/mol. The highest BCUT2D eigenvalue weighted by molar-refractivity contribution is 7.90. The standard InChI is InChI=1S/C36H36N2O5S2/c1-24-17-25(2)36(26(3)18-24)45(42,43)38-23-31-16-15-30(29-8-6-9-33(20-29)44(4,40)41)19-32(31)21-34(38)35(39)10-5-7-27-11-13-28(22-37)14-12-27/h6,8-9,11-20,34H,5,7,10,21,23H2,1-4H3. The van der Waals surface area contributed by atoms with Crippen molar-refractivity contribution in [2.75, 3.05) is 6.26 Å². The Morgan fingerprint density at radius 2 is 1.53 bits per heavy atom. The van der Waals surface area contributed by atoms with Crippen LogP contribution >= 0.6 is 0 Å². The van der Waals surface area contributed by atoms with Crippen molar-refractivity contribution in [1.82, 2.24) is 4.31 Å². The predicted octanol–water partition coefficient (Wildman–Crippen LogP) is 6.26. The highest BCUT2D eigenvalue weighted by atomic mass is 32.2. The maximum atomic E-state index is 14.3. The highest BCUT2D eigenvalue weighted by Crippen LogP contribution is 2.35. The minimum Gasteiger partial charge on any atom is -0.298 e. The van der Waals surface area contributed by atoms with Gasteiger partial charge in [0.15, 0.2) is 15.6 Å². The van der Waals surface area contributed by atoms with Crippen LogP contribution in [0.2, 0.25) is 0 Å². The number of carbonyl (C=O) groups excluding carboxylic acids is 1. The van der Waals surface area contributed by atoms with Crippen LogP contribution in [0.3, 0.4) is 0 Å². The molecule has 9 heteroatoms. The minimum absolute atomic E-state index is 0.0557. The second kappa shape index (κ2) is 12.7. The minimum atomic E-state index is -4.03. The van der Waals surface area contributed by atoms with Gasteiger partial charge in [0.2, 0.25) is 10.0 Å². The van der Waals surface area contributed by atoms with Gasteiger partial charge in [0.25, 0.3) is 0 Å². The fourth-order valence-corrected chi connectivity index (χ4v) is 8.91. The topological polar surface area (TPSA) is 112 Å². The van der Waals surface area contributed by atoms with Crippen molar-refractivity contribution in [3.63, 3.8) is 0 Å². The summed E-state index contributed by atoms with van der Waals surface area (Å²) in [6, 6.07) is 24.6. The van der Waals surface area contributed by atoms with Crippen molar-refractivity contribution in [2.24, 2.45) is 0 Å². The quantitative estimate of drug-likeness (QED) is 0.213. The molecule has 4 aromatic carbocycles. The molecule has 0 spiro atoms. The molecule has 0 saturated heterocycles. The number of fused-ring (bicyclic) bond motifs is 1. The van der Waals surface area contributed by atoms with Gasteiger partial charge in [-0.2, -0.15) is 9.57 Å². The second-order valence-corrected chi connectivity index (χ2v) is 15.8. The number of rotatable bonds is 9. The molecule has 0 saturated carbocycles. The summed E-state index contributed by atoms with van der Waals surface area (Å²) >= 11 is 0. The molecule has 0 amide bonds. The Kier molecular flexibility index (Phi) is 9.13. The number of nitrogens with zero attached hydrogens (tertiary/aromatic N) is 2. The molecule has 1 aliphatic heterocycles. The molecule has 1 heterocycles. The van der Waals surface area contributed by atoms with E-state index >= 15 is 0 Å². The van der Waals surface area contributed by atoms with E-state index in [9.17, 15) is 21.6 Å². The third-order valence-electron chi connectivity index (χ3n) is 8.40. The maximum Gasteiger partial charge on any atom is 0.244 e. The largest absolute Gasteiger partial charge is 0.298 e. The van der Waals surface area contributed by atoms with Gasteiger partial charge in [-0.05, 0) is 103 Å². The van der Waals surface area contributed by atoms with E-state index in [0.29, 0.717) is 29.5 Å². The number of benzene rings is 4. The average Bonchev–Trinajstić information content (AvgIpc) is 2.99. The van der Waals surface area contributed by atoms with Gasteiger partial charge in [-0.3, -0.25) is 4.79 Å². The van der Waals surface area contributed by atoms with Crippen LogP contribution in [0.4, 0.5) is 0 Å². The van der Waals surface area contributed by atoms with Gasteiger partial charge in [-0.1, -0.05) is 60.2 Å². The van der Waals surface area contributed by atoms with Gasteiger partial charge < -0.3 is 0 Å². The summed E-state index contributed by atoms with van der Waals surface area (Å²) in [6.07, 6.45) is 2.76. The van der Waals surface area contributed by atoms with Crippen LogP contribution in [0, 0.1) is 32.1 Å². The number of sulfone groups is 1. The van der Waals surface area contributed by atoms with Crippen molar-refractivity contribution in [1.29, 1.82) is 5.26 Å². The second-order valence-electron chi connectivity index (χ2n) is 11.9. The Morgan fingerprint density at radius 1 is 0.867 bits per heavy atom. The Balaban J connectivity index is 1.49. The fourth-order valence-electron chi connectivity index (χ4n) is 6.24. The number of aryl methyl sites for hydroxylation is 4. The lowest BCUT2D eigenvalue weighted by molar-refractivity contribution is -0.123. The molecule has 45 heavy (non-hydrogen) atoms. The lowest BCUT2D eigenvalue weighted by atomic mass is 9.89. The van der Waals surface area contributed by atoms with Gasteiger partial charge in [0, 0.05) is 19.2 Å². The smallest absolute Gasteiger partial charge is 0.244 e. The van der Waals surface area contributed by atoms with Gasteiger partial charge in [-0.15, -0.1) is 0 Å². The molecule has 1 aliphatic rings. The number of ketones is 1. The molecule has 0 aliphatic carbocycles. The third kappa shape index (κ3) is 6.94. The molecule has 7 nitrogen and oxygen atoms in total. The van der Waals surface area contributed by atoms with Crippen LogP contribution in [0.25, 0.3) is 11.1 Å². The fraction of sp³-hybridized carbons (Fsp3) is 0.278. The third-order valence-corrected chi connectivity index (χ3v) is 11.7. The number of Topliss-reactive ketones (excluding diaryl/α,β-unsaturated/α-hetero) is 1. The molecule has 4 aromatic rings. The van der Waals surface area contributed by atoms with Crippen LogP contribution in [0.1, 0.15) is 51.8 Å². The molecule has 232 valence electrons. The first kappa shape index (κ1) is 32.3. The van der Waals surface area contributed by atoms with Crippen molar-refractivity contribution >= 4 is 25.6 Å². The van der Waals surface area contributed by atoms with Crippen molar-refractivity contribution in [2.45, 2.75) is 68.8 Å². The van der Waals surface area contributed by atoms with Crippen LogP contribution in [0.15, 0.2) is 88.7 Å². The number of hydrogen-bond acceptors (Lipinski definition) is 6. The van der Waals surface area contributed by atoms with E-state index in [1.165, 1.54) is 10.6 Å². The first-order chi connectivity index (χ1) is 21.3. The molecule has 1 atom stereocenters. The summed E-state index contributed by atoms with van der Waals surface area (Å²) in [4.78, 5) is 14.4. The number of carbonyl (C=O) groups is 1. The molecular weight excluding hydrogens is 605 g/mol. The zero-order chi connectivity index (χ0) is 32.5. The molecule has 0 bridgehead atoms. The number of nitriles is 1. The van der Waals surface area contributed by atoms with Crippen molar-refractivity contribution in [3.8, 4) is 17.2 Å². The highest BCUT2D eigenvalue weighted by Gasteiger charge is 2.40. The van der Waals surface area contributed by atoms with E-state index in [1.54, 1.807) is 44.2 Å². The van der Waals surface area contributed by atoms with Crippen LogP contribution in [0.5, 0.6) is 0 Å². The van der Waals surface area contributed by atoms with Crippen molar-refractivity contribution < 1.29 is 21.6 Å². The van der Waals surface area contributed by atoms with E-state index in [2.05, 4.69) is 6.07 Å². The van der Waals surface area contributed by atoms with E-state index in [1.807, 2.05) is 55.5 Å². The Bertz CT molecular complexity index is 2020. The first-order valence-corrected chi connectivity index (χ1v) is 18.1. The summed E-state index contributed by atoms with van der Waals surface area (Å²) in [5.74, 6) is -0.148. The first-order valence-electron chi connectivity index (χ1n) is 14.8. The predicted molar refractivity (Wildman–Crippen MR) is 175 cm³/mol. The van der Waals surface area contributed by atoms with E-state index in [-0.39, 0.29) is 35.0 Å². The summed E-state index contributed by atoms with van der Waals surface area (Å²) in [5.41, 5.74) is 7.04. The van der Waals surface area contributed by atoms with Crippen molar-refractivity contribution in [3.05, 3.63) is 118 Å². The van der Waals surface area contributed by atoms with Crippen LogP contribution in [-0.2, 0) is 44.0 Å². The van der Waals surface area contributed by atoms with Crippen LogP contribution < -0.4 is 0 Å². The summed E-state index contributed by atoms with van der Waals surface area (Å²) in [5, 5.41) is 9.07. The molecular formula is C36H36N2O5S2. The Labute approximate surface area is 266 Å². The normalized spacial score (nSPS) is 15.3. The Hall–Kier alpha value is -4.10. The number of sulfonamides is 1. The van der Waals surface area contributed by atoms with Crippen LogP contribution in [-0.4, -0.2) is 39.2 Å². The molecule has 0 aromatic heterocycles. The summed E-state index contributed by atoms with van der Waals surface area (Å²) in [6.45, 7) is 5.56. The van der Waals surface area contributed by atoms with E-state index < -0.39 is 25.9 Å². The SMILES string of the molecule is Cc1cc(C)c(S(=O)(=O)N2Cc3ccc(-c4cccc(S(C)(=O)=O)c4)cc3CC2C(=O)CCCc2ccc(C#N)cc2)c(C)c1. The van der Waals surface area contributed by atoms with E-state index in [0.717, 1.165) is 33.4 Å². The zero-order valence-corrected chi connectivity index (χ0v) is 27.5. The van der Waals surface area contributed by atoms with Gasteiger partial charge in [-0.25, -0.2) is 16.8 Å². The molecule has 1 unspecified atom stereocenters. The van der Waals surface area contributed by atoms with Gasteiger partial charge >= 0.3 is 0 Å². The maximum absolute atomic E-state index is 14.3. The lowest BCUT2D eigenvalue weighted by Gasteiger charge is -2.36. The molecule has 0 N–H and O–H groups in total. The van der Waals surface area contributed by atoms with E-state index in [4.69, 9.17) is 5.26 Å². The lowest BCUT2D eigenvalue weighted by Crippen LogP contribution is -2.48. The summed E-state index contributed by atoms with van der Waals surface area (Å²) in [7, 11) is -7.43.